The Hall–Kier alpha value is -1.59. The van der Waals surface area contributed by atoms with E-state index in [-0.39, 0.29) is 0 Å². The minimum atomic E-state index is 0.571. The molecule has 1 heterocycles. The van der Waals surface area contributed by atoms with E-state index in [1.54, 1.807) is 0 Å². The molecule has 1 aliphatic rings. The van der Waals surface area contributed by atoms with Crippen molar-refractivity contribution >= 4 is 33.5 Å². The first-order valence-corrected chi connectivity index (χ1v) is 6.92. The molecule has 5 heteroatoms. The van der Waals surface area contributed by atoms with Crippen molar-refractivity contribution < 1.29 is 0 Å². The number of benzene rings is 1. The van der Waals surface area contributed by atoms with Gasteiger partial charge in [0, 0.05) is 19.3 Å². The Kier molecular flexibility index (Phi) is 4.76. The van der Waals surface area contributed by atoms with E-state index in [0.717, 1.165) is 28.1 Å². The SMILES string of the molecule is C=C(NCCN)Nc1ccc2c(c1Br)N=CC=CC2. The van der Waals surface area contributed by atoms with E-state index in [0.29, 0.717) is 13.1 Å². The predicted octanol–water partition coefficient (Wildman–Crippen LogP) is 2.70. The molecular formula is C14H17BrN4. The van der Waals surface area contributed by atoms with Crippen molar-refractivity contribution in [2.75, 3.05) is 18.4 Å². The van der Waals surface area contributed by atoms with Gasteiger partial charge in [0.05, 0.1) is 21.7 Å². The van der Waals surface area contributed by atoms with Crippen LogP contribution < -0.4 is 16.4 Å². The largest absolute Gasteiger partial charge is 0.371 e. The van der Waals surface area contributed by atoms with E-state index < -0.39 is 0 Å². The summed E-state index contributed by atoms with van der Waals surface area (Å²) in [5, 5.41) is 6.31. The summed E-state index contributed by atoms with van der Waals surface area (Å²) in [6.07, 6.45) is 6.75. The second-order valence-electron chi connectivity index (χ2n) is 4.16. The Bertz CT molecular complexity index is 534. The number of nitrogens with two attached hydrogens (primary N) is 1. The zero-order valence-electron chi connectivity index (χ0n) is 10.6. The predicted molar refractivity (Wildman–Crippen MR) is 85.0 cm³/mol. The van der Waals surface area contributed by atoms with E-state index >= 15 is 0 Å². The van der Waals surface area contributed by atoms with Gasteiger partial charge >= 0.3 is 0 Å². The molecule has 0 aliphatic carbocycles. The summed E-state index contributed by atoms with van der Waals surface area (Å²) >= 11 is 3.60. The number of hydrogen-bond acceptors (Lipinski definition) is 4. The van der Waals surface area contributed by atoms with Crippen LogP contribution in [0.2, 0.25) is 0 Å². The fourth-order valence-electron chi connectivity index (χ4n) is 1.81. The maximum absolute atomic E-state index is 5.44. The summed E-state index contributed by atoms with van der Waals surface area (Å²) in [7, 11) is 0. The van der Waals surface area contributed by atoms with Crippen molar-refractivity contribution in [3.63, 3.8) is 0 Å². The van der Waals surface area contributed by atoms with E-state index in [9.17, 15) is 0 Å². The molecule has 0 amide bonds. The van der Waals surface area contributed by atoms with Gasteiger partial charge in [-0.15, -0.1) is 0 Å². The number of fused-ring (bicyclic) bond motifs is 1. The van der Waals surface area contributed by atoms with Crippen molar-refractivity contribution in [3.05, 3.63) is 46.7 Å². The molecule has 0 radical (unpaired) electrons. The normalized spacial score (nSPS) is 12.7. The van der Waals surface area contributed by atoms with Crippen molar-refractivity contribution in [1.82, 2.24) is 5.32 Å². The second kappa shape index (κ2) is 6.54. The molecule has 4 nitrogen and oxygen atoms in total. The molecule has 1 aliphatic heterocycles. The van der Waals surface area contributed by atoms with Crippen molar-refractivity contribution in [2.24, 2.45) is 10.7 Å². The molecule has 0 saturated heterocycles. The number of nitrogens with one attached hydrogen (secondary N) is 2. The van der Waals surface area contributed by atoms with Crippen LogP contribution in [0.1, 0.15) is 5.56 Å². The van der Waals surface area contributed by atoms with Crippen LogP contribution in [0.5, 0.6) is 0 Å². The number of halogens is 1. The van der Waals surface area contributed by atoms with Crippen LogP contribution in [0.4, 0.5) is 11.4 Å². The topological polar surface area (TPSA) is 62.4 Å². The first kappa shape index (κ1) is 13.8. The molecule has 100 valence electrons. The van der Waals surface area contributed by atoms with Crippen molar-refractivity contribution in [3.8, 4) is 0 Å². The number of allylic oxidation sites excluding steroid dienone is 2. The van der Waals surface area contributed by atoms with Gasteiger partial charge in [-0.1, -0.05) is 18.7 Å². The van der Waals surface area contributed by atoms with Crippen molar-refractivity contribution in [2.45, 2.75) is 6.42 Å². The monoisotopic (exact) mass is 320 g/mol. The quantitative estimate of drug-likeness (QED) is 0.781. The highest BCUT2D eigenvalue weighted by atomic mass is 79.9. The van der Waals surface area contributed by atoms with E-state index in [1.165, 1.54) is 5.56 Å². The molecule has 0 saturated carbocycles. The third kappa shape index (κ3) is 3.45. The molecule has 4 N–H and O–H groups in total. The van der Waals surface area contributed by atoms with Crippen LogP contribution in [0.3, 0.4) is 0 Å². The number of rotatable bonds is 5. The van der Waals surface area contributed by atoms with Gasteiger partial charge in [0.15, 0.2) is 0 Å². The van der Waals surface area contributed by atoms with Crippen LogP contribution in [-0.2, 0) is 6.42 Å². The second-order valence-corrected chi connectivity index (χ2v) is 4.96. The molecule has 0 bridgehead atoms. The van der Waals surface area contributed by atoms with Crippen LogP contribution in [0.15, 0.2) is 46.1 Å². The van der Waals surface area contributed by atoms with Gasteiger partial charge in [-0.05, 0) is 40.1 Å². The number of anilines is 1. The van der Waals surface area contributed by atoms with Gasteiger partial charge in [0.1, 0.15) is 0 Å². The lowest BCUT2D eigenvalue weighted by Gasteiger charge is -2.15. The Morgan fingerprint density at radius 1 is 1.47 bits per heavy atom. The first-order valence-electron chi connectivity index (χ1n) is 6.13. The van der Waals surface area contributed by atoms with Crippen LogP contribution in [-0.4, -0.2) is 19.3 Å². The fourth-order valence-corrected chi connectivity index (χ4v) is 2.40. The third-order valence-corrected chi connectivity index (χ3v) is 3.53. The fraction of sp³-hybridized carbons (Fsp3) is 0.214. The molecule has 0 unspecified atom stereocenters. The summed E-state index contributed by atoms with van der Waals surface area (Å²) in [6, 6.07) is 4.10. The highest BCUT2D eigenvalue weighted by molar-refractivity contribution is 9.10. The maximum atomic E-state index is 5.44. The molecule has 1 aromatic carbocycles. The summed E-state index contributed by atoms with van der Waals surface area (Å²) in [5.74, 6) is 0.724. The summed E-state index contributed by atoms with van der Waals surface area (Å²) in [5.41, 5.74) is 8.54. The zero-order valence-corrected chi connectivity index (χ0v) is 12.2. The van der Waals surface area contributed by atoms with Crippen LogP contribution >= 0.6 is 15.9 Å². The van der Waals surface area contributed by atoms with Gasteiger partial charge in [0.25, 0.3) is 0 Å². The zero-order chi connectivity index (χ0) is 13.7. The highest BCUT2D eigenvalue weighted by Gasteiger charge is 2.11. The summed E-state index contributed by atoms with van der Waals surface area (Å²) in [4.78, 5) is 4.45. The maximum Gasteiger partial charge on any atom is 0.0957 e. The average molecular weight is 321 g/mol. The molecule has 19 heavy (non-hydrogen) atoms. The van der Waals surface area contributed by atoms with Gasteiger partial charge in [-0.2, -0.15) is 0 Å². The first-order chi connectivity index (χ1) is 9.22. The van der Waals surface area contributed by atoms with Gasteiger partial charge in [-0.25, -0.2) is 0 Å². The molecule has 0 spiro atoms. The lowest BCUT2D eigenvalue weighted by molar-refractivity contribution is 0.804. The molecule has 0 aromatic heterocycles. The van der Waals surface area contributed by atoms with Crippen LogP contribution in [0.25, 0.3) is 0 Å². The van der Waals surface area contributed by atoms with Gasteiger partial charge in [-0.3, -0.25) is 4.99 Å². The van der Waals surface area contributed by atoms with E-state index in [2.05, 4.69) is 50.3 Å². The number of aliphatic imine (C=N–C) groups is 1. The molecule has 1 aromatic rings. The van der Waals surface area contributed by atoms with Crippen molar-refractivity contribution in [1.29, 1.82) is 0 Å². The van der Waals surface area contributed by atoms with Gasteiger partial charge < -0.3 is 16.4 Å². The minimum Gasteiger partial charge on any atom is -0.371 e. The average Bonchev–Trinajstić information content (AvgIpc) is 2.65. The lowest BCUT2D eigenvalue weighted by atomic mass is 10.1. The highest BCUT2D eigenvalue weighted by Crippen LogP contribution is 2.37. The standard InChI is InChI=1S/C14H17BrN4/c1-10(17-9-7-16)19-12-6-5-11-4-2-3-8-18-14(11)13(12)15/h2-3,5-6,8,17,19H,1,4,7,9,16H2. The van der Waals surface area contributed by atoms with E-state index in [1.807, 2.05) is 18.4 Å². The third-order valence-electron chi connectivity index (χ3n) is 2.73. The van der Waals surface area contributed by atoms with Gasteiger partial charge in [0.2, 0.25) is 0 Å². The lowest BCUT2D eigenvalue weighted by Crippen LogP contribution is -2.25. The molecule has 2 rings (SSSR count). The minimum absolute atomic E-state index is 0.571. The summed E-state index contributed by atoms with van der Waals surface area (Å²) in [6.45, 7) is 5.17. The molecular weight excluding hydrogens is 304 g/mol. The van der Waals surface area contributed by atoms with Crippen LogP contribution in [0, 0.1) is 0 Å². The molecule has 0 fully saturated rings. The Labute approximate surface area is 121 Å². The Morgan fingerprint density at radius 2 is 2.32 bits per heavy atom. The smallest absolute Gasteiger partial charge is 0.0957 e. The Morgan fingerprint density at radius 3 is 3.11 bits per heavy atom. The summed E-state index contributed by atoms with van der Waals surface area (Å²) < 4.78 is 0.945. The molecule has 0 atom stereocenters. The number of hydrogen-bond donors (Lipinski definition) is 3. The number of nitrogens with zero attached hydrogens (tertiary/aromatic N) is 1. The van der Waals surface area contributed by atoms with E-state index in [4.69, 9.17) is 5.73 Å². The Balaban J connectivity index is 2.19.